The number of rotatable bonds is 5. The fourth-order valence-corrected chi connectivity index (χ4v) is 6.57. The van der Waals surface area contributed by atoms with E-state index in [1.165, 1.54) is 22.8 Å². The first kappa shape index (κ1) is 26.6. The van der Waals surface area contributed by atoms with Gasteiger partial charge in [0.05, 0.1) is 27.4 Å². The lowest BCUT2D eigenvalue weighted by molar-refractivity contribution is 0.137. The summed E-state index contributed by atoms with van der Waals surface area (Å²) in [6, 6.07) is 14.2. The molecule has 2 aromatic heterocycles. The van der Waals surface area contributed by atoms with Gasteiger partial charge >= 0.3 is 0 Å². The molecule has 0 amide bonds. The molecule has 3 atom stereocenters. The van der Waals surface area contributed by atoms with Crippen molar-refractivity contribution in [2.45, 2.75) is 26.3 Å². The van der Waals surface area contributed by atoms with Crippen LogP contribution in [0.4, 0.5) is 4.39 Å². The van der Waals surface area contributed by atoms with Crippen LogP contribution in [0.1, 0.15) is 20.8 Å². The minimum atomic E-state index is -0.442. The van der Waals surface area contributed by atoms with Gasteiger partial charge in [0.25, 0.3) is 5.56 Å². The third-order valence-corrected chi connectivity index (χ3v) is 8.89. The van der Waals surface area contributed by atoms with E-state index in [9.17, 15) is 9.18 Å². The van der Waals surface area contributed by atoms with Crippen molar-refractivity contribution in [1.29, 1.82) is 0 Å². The van der Waals surface area contributed by atoms with Crippen molar-refractivity contribution in [3.05, 3.63) is 85.8 Å². The predicted molar refractivity (Wildman–Crippen MR) is 155 cm³/mol. The minimum Gasteiger partial charge on any atom is -0.477 e. The number of pyridine rings is 2. The van der Waals surface area contributed by atoms with Gasteiger partial charge in [-0.25, -0.2) is 4.39 Å². The molecule has 1 aliphatic heterocycles. The molecular formula is C30H27Cl3FN3O2. The summed E-state index contributed by atoms with van der Waals surface area (Å²) in [6.45, 7) is 9.38. The van der Waals surface area contributed by atoms with E-state index in [0.717, 1.165) is 13.1 Å². The second-order valence-electron chi connectivity index (χ2n) is 11.3. The van der Waals surface area contributed by atoms with Gasteiger partial charge in [-0.15, -0.1) is 0 Å². The summed E-state index contributed by atoms with van der Waals surface area (Å²) in [7, 11) is 0. The average Bonchev–Trinajstić information content (AvgIpc) is 3.30. The maximum Gasteiger partial charge on any atom is 0.256 e. The molecule has 5 nitrogen and oxygen atoms in total. The Hall–Kier alpha value is -2.64. The van der Waals surface area contributed by atoms with Crippen molar-refractivity contribution in [3.8, 4) is 22.7 Å². The standard InChI is InChI=1S/C30H27Cl3FN3O2/c1-30(2,3)36-13-20-21(14-36)22(20)15-39-26-12-19(17-8-7-16(34)11-25(17)33)18-9-10-27(38)37(29(18)35-26)28-23(31)5-4-6-24(28)32/h4-12,20-22H,13-15H2,1-3H3/t20-,21+,22?. The first-order valence-electron chi connectivity index (χ1n) is 12.9. The van der Waals surface area contributed by atoms with Gasteiger partial charge in [-0.3, -0.25) is 14.3 Å². The highest BCUT2D eigenvalue weighted by molar-refractivity contribution is 6.38. The fraction of sp³-hybridized carbons (Fsp3) is 0.333. The number of ether oxygens (including phenoxy) is 1. The Morgan fingerprint density at radius 2 is 1.64 bits per heavy atom. The molecule has 4 aromatic rings. The second-order valence-corrected chi connectivity index (χ2v) is 12.5. The van der Waals surface area contributed by atoms with Crippen LogP contribution < -0.4 is 10.3 Å². The number of nitrogens with zero attached hydrogens (tertiary/aromatic N) is 3. The molecule has 2 aromatic carbocycles. The Labute approximate surface area is 241 Å². The summed E-state index contributed by atoms with van der Waals surface area (Å²) >= 11 is 19.5. The van der Waals surface area contributed by atoms with Crippen molar-refractivity contribution in [1.82, 2.24) is 14.5 Å². The zero-order valence-electron chi connectivity index (χ0n) is 21.7. The maximum atomic E-state index is 13.9. The van der Waals surface area contributed by atoms with Crippen LogP contribution in [0.5, 0.6) is 5.88 Å². The van der Waals surface area contributed by atoms with E-state index in [4.69, 9.17) is 44.5 Å². The summed E-state index contributed by atoms with van der Waals surface area (Å²) in [5.41, 5.74) is 1.71. The summed E-state index contributed by atoms with van der Waals surface area (Å²) in [5, 5.41) is 1.47. The van der Waals surface area contributed by atoms with E-state index in [1.807, 2.05) is 0 Å². The minimum absolute atomic E-state index is 0.158. The topological polar surface area (TPSA) is 47.4 Å². The van der Waals surface area contributed by atoms with Gasteiger partial charge in [-0.1, -0.05) is 40.9 Å². The molecule has 2 aliphatic rings. The molecule has 0 N–H and O–H groups in total. The number of aromatic nitrogens is 2. The number of hydrogen-bond donors (Lipinski definition) is 0. The number of likely N-dealkylation sites (tertiary alicyclic amines) is 1. The van der Waals surface area contributed by atoms with Crippen LogP contribution in [0, 0.1) is 23.6 Å². The second kappa shape index (κ2) is 9.77. The van der Waals surface area contributed by atoms with Crippen molar-refractivity contribution < 1.29 is 9.13 Å². The number of fused-ring (bicyclic) bond motifs is 2. The van der Waals surface area contributed by atoms with Crippen molar-refractivity contribution in [2.75, 3.05) is 19.7 Å². The van der Waals surface area contributed by atoms with Crippen LogP contribution >= 0.6 is 34.8 Å². The SMILES string of the molecule is CC(C)(C)N1C[C@@H]2C(COc3cc(-c4ccc(F)cc4Cl)c4ccc(=O)n(-c5c(Cl)cccc5Cl)c4n3)[C@@H]2C1. The van der Waals surface area contributed by atoms with Crippen LogP contribution in [0.2, 0.25) is 15.1 Å². The molecule has 9 heteroatoms. The van der Waals surface area contributed by atoms with Gasteiger partial charge in [0.1, 0.15) is 5.82 Å². The van der Waals surface area contributed by atoms with Gasteiger partial charge in [0, 0.05) is 47.6 Å². The molecule has 202 valence electrons. The summed E-state index contributed by atoms with van der Waals surface area (Å²) < 4.78 is 21.6. The van der Waals surface area contributed by atoms with Crippen LogP contribution in [0.25, 0.3) is 27.8 Å². The van der Waals surface area contributed by atoms with E-state index in [-0.39, 0.29) is 16.1 Å². The number of benzene rings is 2. The summed E-state index contributed by atoms with van der Waals surface area (Å²) in [5.74, 6) is 1.57. The Balaban J connectivity index is 1.44. The molecule has 0 bridgehead atoms. The molecule has 6 rings (SSSR count). The normalized spacial score (nSPS) is 20.8. The van der Waals surface area contributed by atoms with Crippen molar-refractivity contribution in [3.63, 3.8) is 0 Å². The molecule has 3 heterocycles. The quantitative estimate of drug-likeness (QED) is 0.243. The van der Waals surface area contributed by atoms with Gasteiger partial charge in [-0.05, 0) is 74.6 Å². The number of para-hydroxylation sites is 1. The maximum absolute atomic E-state index is 13.9. The highest BCUT2D eigenvalue weighted by Crippen LogP contribution is 2.53. The van der Waals surface area contributed by atoms with E-state index < -0.39 is 5.82 Å². The molecule has 1 saturated heterocycles. The zero-order valence-corrected chi connectivity index (χ0v) is 24.0. The Bertz CT molecular complexity index is 1630. The highest BCUT2D eigenvalue weighted by atomic mass is 35.5. The van der Waals surface area contributed by atoms with Gasteiger partial charge < -0.3 is 4.74 Å². The molecule has 39 heavy (non-hydrogen) atoms. The largest absolute Gasteiger partial charge is 0.477 e. The smallest absolute Gasteiger partial charge is 0.256 e. The van der Waals surface area contributed by atoms with Gasteiger partial charge in [0.15, 0.2) is 5.65 Å². The van der Waals surface area contributed by atoms with Gasteiger partial charge in [-0.2, -0.15) is 4.98 Å². The molecule has 0 radical (unpaired) electrons. The number of hydrogen-bond acceptors (Lipinski definition) is 4. The monoisotopic (exact) mass is 585 g/mol. The molecule has 1 unspecified atom stereocenters. The number of halogens is 4. The van der Waals surface area contributed by atoms with Crippen LogP contribution in [0.15, 0.2) is 59.4 Å². The van der Waals surface area contributed by atoms with E-state index in [2.05, 4.69) is 25.7 Å². The molecule has 2 fully saturated rings. The third-order valence-electron chi connectivity index (χ3n) is 7.97. The first-order chi connectivity index (χ1) is 18.5. The van der Waals surface area contributed by atoms with Crippen molar-refractivity contribution >= 4 is 45.8 Å². The highest BCUT2D eigenvalue weighted by Gasteiger charge is 2.57. The Kier molecular flexibility index (Phi) is 6.66. The van der Waals surface area contributed by atoms with E-state index >= 15 is 0 Å². The van der Waals surface area contributed by atoms with E-state index in [0.29, 0.717) is 68.1 Å². The molecule has 1 saturated carbocycles. The molecular weight excluding hydrogens is 560 g/mol. The lowest BCUT2D eigenvalue weighted by atomic mass is 10.0. The van der Waals surface area contributed by atoms with Crippen LogP contribution in [-0.4, -0.2) is 39.7 Å². The fourth-order valence-electron chi connectivity index (χ4n) is 5.74. The molecule has 0 spiro atoms. The van der Waals surface area contributed by atoms with Crippen LogP contribution in [0.3, 0.4) is 0 Å². The molecule has 1 aliphatic carbocycles. The first-order valence-corrected chi connectivity index (χ1v) is 14.0. The predicted octanol–water partition coefficient (Wildman–Crippen LogP) is 7.51. The summed E-state index contributed by atoms with van der Waals surface area (Å²) in [4.78, 5) is 20.5. The number of piperidine rings is 1. The Morgan fingerprint density at radius 3 is 2.28 bits per heavy atom. The van der Waals surface area contributed by atoms with Crippen molar-refractivity contribution in [2.24, 2.45) is 17.8 Å². The lowest BCUT2D eigenvalue weighted by Crippen LogP contribution is -2.41. The average molecular weight is 587 g/mol. The van der Waals surface area contributed by atoms with Gasteiger partial charge in [0.2, 0.25) is 5.88 Å². The summed E-state index contributed by atoms with van der Waals surface area (Å²) in [6.07, 6.45) is 0. The third kappa shape index (κ3) is 4.82. The van der Waals surface area contributed by atoms with E-state index in [1.54, 1.807) is 36.4 Å². The lowest BCUT2D eigenvalue weighted by Gasteiger charge is -2.33. The Morgan fingerprint density at radius 1 is 0.949 bits per heavy atom. The zero-order chi connectivity index (χ0) is 27.6. The van der Waals surface area contributed by atoms with Crippen LogP contribution in [-0.2, 0) is 0 Å².